The van der Waals surface area contributed by atoms with E-state index in [1.54, 1.807) is 6.92 Å². The molecule has 0 amide bonds. The van der Waals surface area contributed by atoms with Gasteiger partial charge < -0.3 is 0 Å². The topological polar surface area (TPSA) is 30.0 Å². The third-order valence-electron chi connectivity index (χ3n) is 1.84. The molecule has 0 aliphatic heterocycles. The number of hydrogen-bond acceptors (Lipinski definition) is 3. The largest absolute Gasteiger partial charge is 0.443 e. The van der Waals surface area contributed by atoms with Gasteiger partial charge in [-0.25, -0.2) is 4.98 Å². The number of aromatic nitrogens is 1. The summed E-state index contributed by atoms with van der Waals surface area (Å²) in [6, 6.07) is 0. The quantitative estimate of drug-likeness (QED) is 0.805. The SMILES string of the molecule is CCC(=O)CCc1cnc(C(F)(F)F)s1. The van der Waals surface area contributed by atoms with E-state index in [2.05, 4.69) is 4.98 Å². The summed E-state index contributed by atoms with van der Waals surface area (Å²) in [5.74, 6) is 0.0527. The number of Topliss-reactive ketones (excluding diaryl/α,β-unsaturated/α-hetero) is 1. The number of carbonyl (C=O) groups excluding carboxylic acids is 1. The lowest BCUT2D eigenvalue weighted by Crippen LogP contribution is -2.02. The maximum Gasteiger partial charge on any atom is 0.443 e. The lowest BCUT2D eigenvalue weighted by molar-refractivity contribution is -0.137. The van der Waals surface area contributed by atoms with E-state index in [-0.39, 0.29) is 12.2 Å². The summed E-state index contributed by atoms with van der Waals surface area (Å²) >= 11 is 0.604. The maximum atomic E-state index is 12.1. The summed E-state index contributed by atoms with van der Waals surface area (Å²) in [5, 5.41) is -0.846. The number of hydrogen-bond donors (Lipinski definition) is 0. The first-order valence-corrected chi connectivity index (χ1v) is 5.28. The van der Waals surface area contributed by atoms with Crippen molar-refractivity contribution in [2.45, 2.75) is 32.4 Å². The van der Waals surface area contributed by atoms with Crippen LogP contribution in [0.1, 0.15) is 29.7 Å². The summed E-state index contributed by atoms with van der Waals surface area (Å²) < 4.78 is 36.4. The molecule has 1 aromatic heterocycles. The van der Waals surface area contributed by atoms with Crippen LogP contribution in [0.15, 0.2) is 6.20 Å². The monoisotopic (exact) mass is 237 g/mol. The fraction of sp³-hybridized carbons (Fsp3) is 0.556. The predicted octanol–water partition coefficient (Wildman–Crippen LogP) is 3.07. The average molecular weight is 237 g/mol. The molecule has 1 aromatic rings. The Morgan fingerprint density at radius 3 is 2.67 bits per heavy atom. The molecule has 0 radical (unpaired) electrons. The Hall–Kier alpha value is -0.910. The van der Waals surface area contributed by atoms with Gasteiger partial charge >= 0.3 is 6.18 Å². The molecule has 0 fully saturated rings. The van der Waals surface area contributed by atoms with Gasteiger partial charge in [0.05, 0.1) is 0 Å². The number of aryl methyl sites for hydroxylation is 1. The van der Waals surface area contributed by atoms with Crippen LogP contribution >= 0.6 is 11.3 Å². The van der Waals surface area contributed by atoms with Gasteiger partial charge in [0, 0.05) is 23.9 Å². The zero-order chi connectivity index (χ0) is 11.5. The number of halogens is 3. The van der Waals surface area contributed by atoms with Gasteiger partial charge in [0.2, 0.25) is 0 Å². The normalized spacial score (nSPS) is 11.7. The molecule has 0 atom stereocenters. The van der Waals surface area contributed by atoms with E-state index in [9.17, 15) is 18.0 Å². The number of nitrogens with zero attached hydrogens (tertiary/aromatic N) is 1. The smallest absolute Gasteiger partial charge is 0.300 e. The first-order chi connectivity index (χ1) is 6.93. The highest BCUT2D eigenvalue weighted by molar-refractivity contribution is 7.11. The van der Waals surface area contributed by atoms with Crippen LogP contribution in [-0.2, 0) is 17.4 Å². The highest BCUT2D eigenvalue weighted by Gasteiger charge is 2.34. The van der Waals surface area contributed by atoms with Crippen molar-refractivity contribution < 1.29 is 18.0 Å². The van der Waals surface area contributed by atoms with Gasteiger partial charge in [-0.2, -0.15) is 13.2 Å². The van der Waals surface area contributed by atoms with Gasteiger partial charge in [0.25, 0.3) is 0 Å². The van der Waals surface area contributed by atoms with Gasteiger partial charge in [0.1, 0.15) is 5.78 Å². The van der Waals surface area contributed by atoms with E-state index >= 15 is 0 Å². The Balaban J connectivity index is 2.58. The van der Waals surface area contributed by atoms with E-state index in [1.165, 1.54) is 6.20 Å². The molecule has 0 aliphatic rings. The highest BCUT2D eigenvalue weighted by atomic mass is 32.1. The van der Waals surface area contributed by atoms with Crippen LogP contribution in [0.3, 0.4) is 0 Å². The Morgan fingerprint density at radius 2 is 2.20 bits per heavy atom. The predicted molar refractivity (Wildman–Crippen MR) is 50.7 cm³/mol. The number of carbonyl (C=O) groups is 1. The molecule has 0 saturated carbocycles. The van der Waals surface area contributed by atoms with E-state index in [4.69, 9.17) is 0 Å². The van der Waals surface area contributed by atoms with Gasteiger partial charge in [-0.3, -0.25) is 4.79 Å². The molecule has 0 aliphatic carbocycles. The van der Waals surface area contributed by atoms with Crippen molar-refractivity contribution in [1.82, 2.24) is 4.98 Å². The summed E-state index contributed by atoms with van der Waals surface area (Å²) in [4.78, 5) is 14.7. The van der Waals surface area contributed by atoms with Gasteiger partial charge in [0.15, 0.2) is 5.01 Å². The second-order valence-corrected chi connectivity index (χ2v) is 4.14. The summed E-state index contributed by atoms with van der Waals surface area (Å²) in [6.07, 6.45) is -2.13. The van der Waals surface area contributed by atoms with Crippen molar-refractivity contribution in [1.29, 1.82) is 0 Å². The fourth-order valence-electron chi connectivity index (χ4n) is 0.994. The first kappa shape index (κ1) is 12.2. The molecule has 0 spiro atoms. The molecule has 1 rings (SSSR count). The van der Waals surface area contributed by atoms with Crippen LogP contribution in [0, 0.1) is 0 Å². The zero-order valence-electron chi connectivity index (χ0n) is 8.10. The van der Waals surface area contributed by atoms with Crippen LogP contribution in [-0.4, -0.2) is 10.8 Å². The van der Waals surface area contributed by atoms with Crippen molar-refractivity contribution in [2.75, 3.05) is 0 Å². The molecule has 0 bridgehead atoms. The molecule has 6 heteroatoms. The molecule has 15 heavy (non-hydrogen) atoms. The fourth-order valence-corrected chi connectivity index (χ4v) is 1.77. The lowest BCUT2D eigenvalue weighted by Gasteiger charge is -1.99. The van der Waals surface area contributed by atoms with Gasteiger partial charge in [-0.05, 0) is 6.42 Å². The maximum absolute atomic E-state index is 12.1. The van der Waals surface area contributed by atoms with Crippen molar-refractivity contribution in [3.05, 3.63) is 16.1 Å². The minimum atomic E-state index is -4.38. The third-order valence-corrected chi connectivity index (χ3v) is 2.94. The molecular formula is C9H10F3NOS. The Kier molecular flexibility index (Phi) is 3.84. The molecule has 84 valence electrons. The first-order valence-electron chi connectivity index (χ1n) is 4.47. The Morgan fingerprint density at radius 1 is 1.53 bits per heavy atom. The average Bonchev–Trinajstić information content (AvgIpc) is 2.61. The van der Waals surface area contributed by atoms with E-state index in [0.29, 0.717) is 29.1 Å². The van der Waals surface area contributed by atoms with Crippen LogP contribution in [0.5, 0.6) is 0 Å². The van der Waals surface area contributed by atoms with Crippen molar-refractivity contribution in [3.63, 3.8) is 0 Å². The van der Waals surface area contributed by atoms with Gasteiger partial charge in [-0.1, -0.05) is 6.92 Å². The summed E-state index contributed by atoms with van der Waals surface area (Å²) in [7, 11) is 0. The standard InChI is InChI=1S/C9H10F3NOS/c1-2-6(14)3-4-7-5-13-8(15-7)9(10,11)12/h5H,2-4H2,1H3. The van der Waals surface area contributed by atoms with E-state index in [1.807, 2.05) is 0 Å². The molecule has 2 nitrogen and oxygen atoms in total. The molecule has 0 N–H and O–H groups in total. The van der Waals surface area contributed by atoms with Crippen LogP contribution < -0.4 is 0 Å². The van der Waals surface area contributed by atoms with E-state index < -0.39 is 11.2 Å². The number of ketones is 1. The minimum absolute atomic E-state index is 0.0527. The second-order valence-electron chi connectivity index (χ2n) is 3.02. The van der Waals surface area contributed by atoms with Crippen LogP contribution in [0.2, 0.25) is 0 Å². The minimum Gasteiger partial charge on any atom is -0.300 e. The number of rotatable bonds is 4. The number of thiazole rings is 1. The van der Waals surface area contributed by atoms with Crippen LogP contribution in [0.4, 0.5) is 13.2 Å². The van der Waals surface area contributed by atoms with Gasteiger partial charge in [-0.15, -0.1) is 11.3 Å². The van der Waals surface area contributed by atoms with Crippen molar-refractivity contribution in [3.8, 4) is 0 Å². The Labute approximate surface area is 89.1 Å². The zero-order valence-corrected chi connectivity index (χ0v) is 8.91. The van der Waals surface area contributed by atoms with Crippen molar-refractivity contribution >= 4 is 17.1 Å². The second kappa shape index (κ2) is 4.74. The van der Waals surface area contributed by atoms with E-state index in [0.717, 1.165) is 0 Å². The lowest BCUT2D eigenvalue weighted by atomic mass is 10.2. The highest BCUT2D eigenvalue weighted by Crippen LogP contribution is 2.32. The molecule has 0 saturated heterocycles. The molecular weight excluding hydrogens is 227 g/mol. The Bertz CT molecular complexity index is 345. The number of alkyl halides is 3. The summed E-state index contributed by atoms with van der Waals surface area (Å²) in [5.41, 5.74) is 0. The van der Waals surface area contributed by atoms with Crippen LogP contribution in [0.25, 0.3) is 0 Å². The molecule has 1 heterocycles. The third kappa shape index (κ3) is 3.62. The van der Waals surface area contributed by atoms with Crippen molar-refractivity contribution in [2.24, 2.45) is 0 Å². The molecule has 0 aromatic carbocycles. The molecule has 0 unspecified atom stereocenters. The summed E-state index contributed by atoms with van der Waals surface area (Å²) in [6.45, 7) is 1.73.